The van der Waals surface area contributed by atoms with Crippen LogP contribution >= 0.6 is 0 Å². The third-order valence-electron chi connectivity index (χ3n) is 2.16. The Labute approximate surface area is 97.9 Å². The predicted molar refractivity (Wildman–Crippen MR) is 64.2 cm³/mol. The van der Waals surface area contributed by atoms with E-state index in [1.165, 1.54) is 6.20 Å². The molecule has 2 rings (SSSR count). The Hall–Kier alpha value is -2.47. The molecule has 0 bridgehead atoms. The van der Waals surface area contributed by atoms with Gasteiger partial charge in [0.15, 0.2) is 0 Å². The number of nitrogen functional groups attached to an aromatic ring is 1. The number of carbonyl (C=O) groups excluding carboxylic acids is 1. The number of nitrogens with one attached hydrogen (secondary N) is 2. The fourth-order valence-electron chi connectivity index (χ4n) is 1.33. The minimum atomic E-state index is -0.280. The molecule has 0 aliphatic carbocycles. The highest BCUT2D eigenvalue weighted by Crippen LogP contribution is 2.14. The van der Waals surface area contributed by atoms with Gasteiger partial charge in [-0.1, -0.05) is 0 Å². The van der Waals surface area contributed by atoms with Crippen molar-refractivity contribution in [3.63, 3.8) is 0 Å². The smallest absolute Gasteiger partial charge is 0.259 e. The van der Waals surface area contributed by atoms with Gasteiger partial charge in [0.25, 0.3) is 5.91 Å². The monoisotopic (exact) mass is 229 g/mol. The van der Waals surface area contributed by atoms with Gasteiger partial charge in [0.05, 0.1) is 11.3 Å². The van der Waals surface area contributed by atoms with Crippen molar-refractivity contribution in [2.75, 3.05) is 10.7 Å². The zero-order chi connectivity index (χ0) is 12.1. The average Bonchev–Trinajstić information content (AvgIpc) is 2.40. The summed E-state index contributed by atoms with van der Waals surface area (Å²) in [4.78, 5) is 19.7. The van der Waals surface area contributed by atoms with Crippen LogP contribution < -0.4 is 16.6 Å². The number of amides is 1. The van der Waals surface area contributed by atoms with Crippen molar-refractivity contribution in [3.05, 3.63) is 48.5 Å². The van der Waals surface area contributed by atoms with Gasteiger partial charge in [-0.05, 0) is 18.2 Å². The van der Waals surface area contributed by atoms with Crippen molar-refractivity contribution in [3.8, 4) is 0 Å². The van der Waals surface area contributed by atoms with Crippen LogP contribution in [0.1, 0.15) is 10.4 Å². The fourth-order valence-corrected chi connectivity index (χ4v) is 1.33. The Balaban J connectivity index is 2.20. The molecule has 2 heterocycles. The highest BCUT2D eigenvalue weighted by Gasteiger charge is 2.10. The maximum absolute atomic E-state index is 11.9. The largest absolute Gasteiger partial charge is 0.323 e. The second kappa shape index (κ2) is 5.04. The van der Waals surface area contributed by atoms with E-state index in [1.54, 1.807) is 36.8 Å². The summed E-state index contributed by atoms with van der Waals surface area (Å²) in [6.07, 6.45) is 6.20. The van der Waals surface area contributed by atoms with Crippen molar-refractivity contribution < 1.29 is 4.79 Å². The molecule has 2 aromatic heterocycles. The van der Waals surface area contributed by atoms with Gasteiger partial charge < -0.3 is 10.7 Å². The number of aromatic nitrogens is 2. The minimum Gasteiger partial charge on any atom is -0.323 e. The Bertz CT molecular complexity index is 514. The van der Waals surface area contributed by atoms with Crippen LogP contribution in [0.5, 0.6) is 0 Å². The molecule has 4 N–H and O–H groups in total. The van der Waals surface area contributed by atoms with E-state index >= 15 is 0 Å². The van der Waals surface area contributed by atoms with Crippen LogP contribution in [0.15, 0.2) is 43.0 Å². The minimum absolute atomic E-state index is 0.280. The van der Waals surface area contributed by atoms with E-state index in [0.29, 0.717) is 16.9 Å². The molecule has 0 unspecified atom stereocenters. The summed E-state index contributed by atoms with van der Waals surface area (Å²) >= 11 is 0. The number of hydrazine groups is 1. The van der Waals surface area contributed by atoms with Crippen LogP contribution in [0.3, 0.4) is 0 Å². The SMILES string of the molecule is NNc1ccncc1C(=O)Nc1ccncc1. The number of rotatable bonds is 3. The molecule has 0 aromatic carbocycles. The van der Waals surface area contributed by atoms with Crippen molar-refractivity contribution in [1.29, 1.82) is 0 Å². The topological polar surface area (TPSA) is 92.9 Å². The van der Waals surface area contributed by atoms with Gasteiger partial charge in [-0.25, -0.2) is 0 Å². The molecule has 1 amide bonds. The van der Waals surface area contributed by atoms with Gasteiger partial charge in [-0.3, -0.25) is 20.6 Å². The summed E-state index contributed by atoms with van der Waals surface area (Å²) in [5.74, 6) is 5.03. The lowest BCUT2D eigenvalue weighted by molar-refractivity contribution is 0.102. The summed E-state index contributed by atoms with van der Waals surface area (Å²) in [7, 11) is 0. The van der Waals surface area contributed by atoms with E-state index in [1.807, 2.05) is 0 Å². The van der Waals surface area contributed by atoms with Crippen molar-refractivity contribution in [2.45, 2.75) is 0 Å². The third kappa shape index (κ3) is 2.56. The number of nitrogens with two attached hydrogens (primary N) is 1. The number of nitrogens with zero attached hydrogens (tertiary/aromatic N) is 2. The van der Waals surface area contributed by atoms with Gasteiger partial charge >= 0.3 is 0 Å². The van der Waals surface area contributed by atoms with E-state index < -0.39 is 0 Å². The average molecular weight is 229 g/mol. The van der Waals surface area contributed by atoms with Crippen LogP contribution in [0.2, 0.25) is 0 Å². The molecule has 86 valence electrons. The molecule has 0 fully saturated rings. The molecule has 0 saturated heterocycles. The van der Waals surface area contributed by atoms with E-state index in [9.17, 15) is 4.79 Å². The molecule has 6 heteroatoms. The van der Waals surface area contributed by atoms with Gasteiger partial charge in [0.1, 0.15) is 0 Å². The van der Waals surface area contributed by atoms with Gasteiger partial charge in [-0.15, -0.1) is 0 Å². The van der Waals surface area contributed by atoms with Crippen LogP contribution in [-0.2, 0) is 0 Å². The summed E-state index contributed by atoms with van der Waals surface area (Å²) in [5.41, 5.74) is 4.01. The lowest BCUT2D eigenvalue weighted by Gasteiger charge is -2.08. The van der Waals surface area contributed by atoms with Gasteiger partial charge in [0.2, 0.25) is 0 Å². The highest BCUT2D eigenvalue weighted by molar-refractivity contribution is 6.07. The van der Waals surface area contributed by atoms with Gasteiger partial charge in [-0.2, -0.15) is 0 Å². The molecule has 0 atom stereocenters. The molecule has 0 saturated carbocycles. The highest BCUT2D eigenvalue weighted by atomic mass is 16.1. The van der Waals surface area contributed by atoms with Gasteiger partial charge in [0, 0.05) is 30.5 Å². The number of hydrogen-bond acceptors (Lipinski definition) is 5. The van der Waals surface area contributed by atoms with E-state index in [-0.39, 0.29) is 5.91 Å². The standard InChI is InChI=1S/C11H11N5O/c12-16-10-3-6-14-7-9(10)11(17)15-8-1-4-13-5-2-8/h1-7H,12H2,(H,14,16)(H,13,15,17). The third-order valence-corrected chi connectivity index (χ3v) is 2.16. The normalized spacial score (nSPS) is 9.71. The van der Waals surface area contributed by atoms with Crippen LogP contribution in [0, 0.1) is 0 Å². The number of carbonyl (C=O) groups is 1. The second-order valence-corrected chi connectivity index (χ2v) is 3.26. The van der Waals surface area contributed by atoms with E-state index in [0.717, 1.165) is 0 Å². The molecule has 0 radical (unpaired) electrons. The molecule has 17 heavy (non-hydrogen) atoms. The number of hydrogen-bond donors (Lipinski definition) is 3. The molecule has 0 spiro atoms. The number of anilines is 2. The summed E-state index contributed by atoms with van der Waals surface area (Å²) in [6.45, 7) is 0. The Morgan fingerprint density at radius 2 is 1.82 bits per heavy atom. The Kier molecular flexibility index (Phi) is 3.27. The van der Waals surface area contributed by atoms with Crippen LogP contribution in [0.4, 0.5) is 11.4 Å². The van der Waals surface area contributed by atoms with E-state index in [2.05, 4.69) is 20.7 Å². The quantitative estimate of drug-likeness (QED) is 0.539. The van der Waals surface area contributed by atoms with Crippen LogP contribution in [-0.4, -0.2) is 15.9 Å². The Morgan fingerprint density at radius 1 is 1.12 bits per heavy atom. The molecule has 6 nitrogen and oxygen atoms in total. The fraction of sp³-hybridized carbons (Fsp3) is 0. The molecule has 2 aromatic rings. The first-order chi connectivity index (χ1) is 8.31. The summed E-state index contributed by atoms with van der Waals surface area (Å²) in [6, 6.07) is 5.02. The lowest BCUT2D eigenvalue weighted by Crippen LogP contribution is -2.17. The maximum atomic E-state index is 11.9. The molecule has 0 aliphatic heterocycles. The Morgan fingerprint density at radius 3 is 2.53 bits per heavy atom. The first-order valence-electron chi connectivity index (χ1n) is 4.93. The summed E-state index contributed by atoms with van der Waals surface area (Å²) < 4.78 is 0. The van der Waals surface area contributed by atoms with Crippen molar-refractivity contribution in [1.82, 2.24) is 9.97 Å². The second-order valence-electron chi connectivity index (χ2n) is 3.26. The molecule has 0 aliphatic rings. The molecular formula is C11H11N5O. The predicted octanol–water partition coefficient (Wildman–Crippen LogP) is 1.01. The number of pyridine rings is 2. The first kappa shape index (κ1) is 11.0. The summed E-state index contributed by atoms with van der Waals surface area (Å²) in [5, 5.41) is 2.72. The van der Waals surface area contributed by atoms with Crippen LogP contribution in [0.25, 0.3) is 0 Å². The first-order valence-corrected chi connectivity index (χ1v) is 4.93. The zero-order valence-electron chi connectivity index (χ0n) is 8.92. The molecular weight excluding hydrogens is 218 g/mol. The zero-order valence-corrected chi connectivity index (χ0v) is 8.92. The van der Waals surface area contributed by atoms with Crippen molar-refractivity contribution >= 4 is 17.3 Å². The van der Waals surface area contributed by atoms with E-state index in [4.69, 9.17) is 5.84 Å². The lowest BCUT2D eigenvalue weighted by atomic mass is 10.2. The maximum Gasteiger partial charge on any atom is 0.259 e. The van der Waals surface area contributed by atoms with Crippen molar-refractivity contribution in [2.24, 2.45) is 5.84 Å².